The van der Waals surface area contributed by atoms with Crippen molar-refractivity contribution in [2.45, 2.75) is 39.5 Å². The number of halogens is 1. The summed E-state index contributed by atoms with van der Waals surface area (Å²) in [5.41, 5.74) is 2.82. The lowest BCUT2D eigenvalue weighted by Gasteiger charge is -2.08. The van der Waals surface area contributed by atoms with Crippen LogP contribution < -0.4 is 0 Å². The number of nitrogens with zero attached hydrogens (tertiary/aromatic N) is 1. The van der Waals surface area contributed by atoms with Gasteiger partial charge in [-0.05, 0) is 55.9 Å². The fourth-order valence-corrected chi connectivity index (χ4v) is 3.61. The Hall–Kier alpha value is -2.47. The SMILES string of the molecule is Cc1cc(CCc2cnc(C(=O)OC3=C(F)CCC=C3)s2)cc(C)c1O. The number of rotatable bonds is 5. The van der Waals surface area contributed by atoms with E-state index >= 15 is 0 Å². The number of esters is 1. The Morgan fingerprint density at radius 2 is 2.04 bits per heavy atom. The summed E-state index contributed by atoms with van der Waals surface area (Å²) in [4.78, 5) is 17.2. The molecule has 4 nitrogen and oxygen atoms in total. The number of aromatic nitrogens is 1. The molecule has 3 rings (SSSR count). The Balaban J connectivity index is 1.63. The molecule has 26 heavy (non-hydrogen) atoms. The van der Waals surface area contributed by atoms with Crippen LogP contribution >= 0.6 is 11.3 Å². The van der Waals surface area contributed by atoms with Crippen LogP contribution in [0.3, 0.4) is 0 Å². The molecule has 0 amide bonds. The predicted octanol–water partition coefficient (Wildman–Crippen LogP) is 4.94. The van der Waals surface area contributed by atoms with Crippen molar-refractivity contribution in [3.63, 3.8) is 0 Å². The zero-order chi connectivity index (χ0) is 18.7. The van der Waals surface area contributed by atoms with Crippen molar-refractivity contribution in [2.75, 3.05) is 0 Å². The molecule has 1 aromatic carbocycles. The lowest BCUT2D eigenvalue weighted by molar-refractivity contribution is 0.0625. The number of carbonyl (C=O) groups is 1. The van der Waals surface area contributed by atoms with Crippen molar-refractivity contribution in [3.05, 3.63) is 68.6 Å². The highest BCUT2D eigenvalue weighted by Crippen LogP contribution is 2.25. The second-order valence-electron chi connectivity index (χ2n) is 6.31. The maximum atomic E-state index is 13.6. The summed E-state index contributed by atoms with van der Waals surface area (Å²) in [5.74, 6) is -0.729. The number of hydrogen-bond acceptors (Lipinski definition) is 5. The van der Waals surface area contributed by atoms with Gasteiger partial charge in [0.25, 0.3) is 0 Å². The number of allylic oxidation sites excluding steroid dienone is 3. The summed E-state index contributed by atoms with van der Waals surface area (Å²) in [7, 11) is 0. The van der Waals surface area contributed by atoms with E-state index in [1.807, 2.05) is 26.0 Å². The quantitative estimate of drug-likeness (QED) is 0.754. The van der Waals surface area contributed by atoms with Crippen LogP contribution in [0.2, 0.25) is 0 Å². The zero-order valence-corrected chi connectivity index (χ0v) is 15.5. The molecule has 0 fully saturated rings. The van der Waals surface area contributed by atoms with E-state index in [4.69, 9.17) is 4.74 Å². The molecule has 0 radical (unpaired) electrons. The molecule has 0 aliphatic heterocycles. The van der Waals surface area contributed by atoms with Crippen molar-refractivity contribution in [3.8, 4) is 5.75 Å². The molecule has 0 saturated heterocycles. The largest absolute Gasteiger partial charge is 0.507 e. The molecule has 0 atom stereocenters. The first-order valence-corrected chi connectivity index (χ1v) is 9.27. The molecule has 0 spiro atoms. The van der Waals surface area contributed by atoms with Gasteiger partial charge in [0.15, 0.2) is 5.76 Å². The van der Waals surface area contributed by atoms with Gasteiger partial charge in [-0.1, -0.05) is 18.2 Å². The van der Waals surface area contributed by atoms with Gasteiger partial charge in [0.1, 0.15) is 11.6 Å². The van der Waals surface area contributed by atoms with E-state index in [2.05, 4.69) is 4.98 Å². The Morgan fingerprint density at radius 3 is 2.73 bits per heavy atom. The third kappa shape index (κ3) is 4.19. The molecule has 1 aliphatic carbocycles. The number of phenols is 1. The summed E-state index contributed by atoms with van der Waals surface area (Å²) in [6, 6.07) is 3.92. The van der Waals surface area contributed by atoms with Crippen LogP contribution in [0, 0.1) is 13.8 Å². The number of ether oxygens (including phenoxy) is 1. The minimum Gasteiger partial charge on any atom is -0.507 e. The summed E-state index contributed by atoms with van der Waals surface area (Å²) < 4.78 is 18.8. The summed E-state index contributed by atoms with van der Waals surface area (Å²) >= 11 is 1.26. The smallest absolute Gasteiger partial charge is 0.372 e. The third-order valence-corrected chi connectivity index (χ3v) is 5.25. The normalized spacial score (nSPS) is 14.0. The van der Waals surface area contributed by atoms with E-state index in [9.17, 15) is 14.3 Å². The molecule has 2 aromatic rings. The first-order valence-electron chi connectivity index (χ1n) is 8.45. The summed E-state index contributed by atoms with van der Waals surface area (Å²) in [5, 5.41) is 10.1. The molecule has 1 aliphatic rings. The van der Waals surface area contributed by atoms with Gasteiger partial charge in [0.2, 0.25) is 5.01 Å². The minimum absolute atomic E-state index is 0.0203. The first-order chi connectivity index (χ1) is 12.4. The molecular formula is C20H20FNO3S. The molecule has 6 heteroatoms. The van der Waals surface area contributed by atoms with Crippen molar-refractivity contribution in [1.82, 2.24) is 4.98 Å². The van der Waals surface area contributed by atoms with Crippen LogP contribution in [0.4, 0.5) is 4.39 Å². The van der Waals surface area contributed by atoms with Crippen LogP contribution in [0.1, 0.15) is 44.2 Å². The monoisotopic (exact) mass is 373 g/mol. The van der Waals surface area contributed by atoms with Crippen molar-refractivity contribution in [2.24, 2.45) is 0 Å². The van der Waals surface area contributed by atoms with Gasteiger partial charge >= 0.3 is 5.97 Å². The van der Waals surface area contributed by atoms with Crippen LogP contribution in [0.25, 0.3) is 0 Å². The maximum Gasteiger partial charge on any atom is 0.372 e. The average molecular weight is 373 g/mol. The topological polar surface area (TPSA) is 59.4 Å². The zero-order valence-electron chi connectivity index (χ0n) is 14.7. The molecular weight excluding hydrogens is 353 g/mol. The second-order valence-corrected chi connectivity index (χ2v) is 7.42. The summed E-state index contributed by atoms with van der Waals surface area (Å²) in [6.07, 6.45) is 7.30. The predicted molar refractivity (Wildman–Crippen MR) is 99.0 cm³/mol. The fourth-order valence-electron chi connectivity index (χ4n) is 2.82. The molecule has 1 N–H and O–H groups in total. The second kappa shape index (κ2) is 7.83. The molecule has 1 heterocycles. The van der Waals surface area contributed by atoms with E-state index in [0.717, 1.165) is 34.4 Å². The lowest BCUT2D eigenvalue weighted by atomic mass is 10.0. The van der Waals surface area contributed by atoms with E-state index in [0.29, 0.717) is 12.2 Å². The Kier molecular flexibility index (Phi) is 5.52. The standard InChI is InChI=1S/C20H20FNO3S/c1-12-9-14(10-13(2)18(12)23)7-8-15-11-22-19(26-15)20(24)25-17-6-4-3-5-16(17)21/h4,6,9-11,23H,3,5,7-8H2,1-2H3. The van der Waals surface area contributed by atoms with Gasteiger partial charge in [0.05, 0.1) is 0 Å². The highest BCUT2D eigenvalue weighted by molar-refractivity contribution is 7.13. The number of carbonyl (C=O) groups excluding carboxylic acids is 1. The lowest BCUT2D eigenvalue weighted by Crippen LogP contribution is -2.06. The number of aromatic hydroxyl groups is 1. The van der Waals surface area contributed by atoms with Gasteiger partial charge in [-0.3, -0.25) is 0 Å². The molecule has 1 aromatic heterocycles. The van der Waals surface area contributed by atoms with E-state index in [-0.39, 0.29) is 17.2 Å². The highest BCUT2D eigenvalue weighted by atomic mass is 32.1. The third-order valence-electron chi connectivity index (χ3n) is 4.21. The number of hydrogen-bond donors (Lipinski definition) is 1. The van der Waals surface area contributed by atoms with Gasteiger partial charge in [-0.15, -0.1) is 11.3 Å². The van der Waals surface area contributed by atoms with E-state index in [1.165, 1.54) is 17.4 Å². The van der Waals surface area contributed by atoms with Gasteiger partial charge in [0, 0.05) is 17.5 Å². The van der Waals surface area contributed by atoms with Crippen LogP contribution in [0.5, 0.6) is 5.75 Å². The molecule has 136 valence electrons. The molecule has 0 saturated carbocycles. The van der Waals surface area contributed by atoms with E-state index in [1.54, 1.807) is 12.3 Å². The number of thiazole rings is 1. The highest BCUT2D eigenvalue weighted by Gasteiger charge is 2.18. The van der Waals surface area contributed by atoms with Gasteiger partial charge < -0.3 is 9.84 Å². The van der Waals surface area contributed by atoms with Gasteiger partial charge in [-0.25, -0.2) is 14.2 Å². The van der Waals surface area contributed by atoms with E-state index < -0.39 is 11.8 Å². The molecule has 0 bridgehead atoms. The van der Waals surface area contributed by atoms with Crippen molar-refractivity contribution >= 4 is 17.3 Å². The van der Waals surface area contributed by atoms with Crippen molar-refractivity contribution in [1.29, 1.82) is 0 Å². The van der Waals surface area contributed by atoms with Crippen molar-refractivity contribution < 1.29 is 19.0 Å². The Labute approximate surface area is 155 Å². The first kappa shape index (κ1) is 18.3. The minimum atomic E-state index is -0.630. The molecule has 0 unspecified atom stereocenters. The maximum absolute atomic E-state index is 13.6. The average Bonchev–Trinajstić information content (AvgIpc) is 3.09. The number of aryl methyl sites for hydroxylation is 4. The van der Waals surface area contributed by atoms with Crippen LogP contribution in [0.15, 0.2) is 42.1 Å². The van der Waals surface area contributed by atoms with Crippen LogP contribution in [-0.2, 0) is 17.6 Å². The summed E-state index contributed by atoms with van der Waals surface area (Å²) in [6.45, 7) is 3.75. The fraction of sp³-hybridized carbons (Fsp3) is 0.300. The number of phenolic OH excluding ortho intramolecular Hbond substituents is 1. The van der Waals surface area contributed by atoms with Crippen LogP contribution in [-0.4, -0.2) is 16.1 Å². The van der Waals surface area contributed by atoms with Gasteiger partial charge in [-0.2, -0.15) is 0 Å². The Morgan fingerprint density at radius 1 is 1.31 bits per heavy atom. The number of benzene rings is 1. The Bertz CT molecular complexity index is 875.